The number of ketones is 2. The van der Waals surface area contributed by atoms with Crippen molar-refractivity contribution in [3.05, 3.63) is 12.3 Å². The van der Waals surface area contributed by atoms with Gasteiger partial charge in [0.25, 0.3) is 0 Å². The number of unbranched alkanes of at least 4 members (excludes halogenated alkanes) is 2. The van der Waals surface area contributed by atoms with Gasteiger partial charge in [-0.2, -0.15) is 0 Å². The minimum Gasteiger partial charge on any atom is -0.515 e. The Labute approximate surface area is 72.1 Å². The van der Waals surface area contributed by atoms with E-state index < -0.39 is 11.6 Å². The summed E-state index contributed by atoms with van der Waals surface area (Å²) >= 11 is 0. The lowest BCUT2D eigenvalue weighted by molar-refractivity contribution is -0.133. The van der Waals surface area contributed by atoms with E-state index in [1.165, 1.54) is 0 Å². The van der Waals surface area contributed by atoms with Crippen molar-refractivity contribution >= 4 is 11.6 Å². The molecule has 3 heteroatoms. The van der Waals surface area contributed by atoms with Crippen molar-refractivity contribution in [1.29, 1.82) is 0 Å². The molecule has 0 atom stereocenters. The van der Waals surface area contributed by atoms with E-state index in [1.807, 2.05) is 6.92 Å². The highest BCUT2D eigenvalue weighted by atomic mass is 16.2. The number of aliphatic hydroxyl groups excluding tert-OH is 1. The molecule has 0 aromatic heterocycles. The maximum Gasteiger partial charge on any atom is 0.224 e. The average Bonchev–Trinajstić information content (AvgIpc) is 2.05. The van der Waals surface area contributed by atoms with Gasteiger partial charge in [0.1, 0.15) is 0 Å². The normalized spacial score (nSPS) is 10.4. The summed E-state index contributed by atoms with van der Waals surface area (Å²) in [5.41, 5.74) is 0. The monoisotopic (exact) mass is 170 g/mol. The molecule has 0 saturated heterocycles. The number of carbonyl (C=O) groups is 2. The van der Waals surface area contributed by atoms with Gasteiger partial charge in [0.15, 0.2) is 0 Å². The highest BCUT2D eigenvalue weighted by molar-refractivity contribution is 6.41. The molecular formula is C9H14O3. The Bertz CT molecular complexity index is 182. The molecule has 12 heavy (non-hydrogen) atoms. The molecule has 0 radical (unpaired) electrons. The molecule has 0 saturated carbocycles. The lowest BCUT2D eigenvalue weighted by atomic mass is 10.1. The standard InChI is InChI=1S/C9H14O3/c1-2-3-4-5-8(11)9(12)6-7-10/h6-7,10H,2-5H2,1H3/b7-6+. The number of rotatable bonds is 6. The van der Waals surface area contributed by atoms with Crippen LogP contribution in [-0.4, -0.2) is 16.7 Å². The molecule has 0 aromatic rings. The zero-order valence-electron chi connectivity index (χ0n) is 7.25. The van der Waals surface area contributed by atoms with Crippen LogP contribution in [0.3, 0.4) is 0 Å². The van der Waals surface area contributed by atoms with Crippen LogP contribution in [0, 0.1) is 0 Å². The van der Waals surface area contributed by atoms with Crippen LogP contribution in [0.15, 0.2) is 12.3 Å². The van der Waals surface area contributed by atoms with Gasteiger partial charge in [-0.05, 0) is 6.42 Å². The molecule has 0 heterocycles. The highest BCUT2D eigenvalue weighted by Crippen LogP contribution is 2.00. The molecule has 0 aliphatic rings. The van der Waals surface area contributed by atoms with Crippen LogP contribution in [-0.2, 0) is 9.59 Å². The number of allylic oxidation sites excluding steroid dienone is 1. The second-order valence-electron chi connectivity index (χ2n) is 2.56. The summed E-state index contributed by atoms with van der Waals surface area (Å²) in [6.07, 6.45) is 4.50. The van der Waals surface area contributed by atoms with Gasteiger partial charge in [0.2, 0.25) is 11.6 Å². The van der Waals surface area contributed by atoms with E-state index >= 15 is 0 Å². The molecule has 0 spiro atoms. The van der Waals surface area contributed by atoms with Crippen molar-refractivity contribution in [2.24, 2.45) is 0 Å². The third-order valence-electron chi connectivity index (χ3n) is 1.51. The van der Waals surface area contributed by atoms with E-state index in [0.717, 1.165) is 25.3 Å². The first kappa shape index (κ1) is 10.9. The van der Waals surface area contributed by atoms with E-state index in [4.69, 9.17) is 5.11 Å². The molecule has 0 aliphatic heterocycles. The van der Waals surface area contributed by atoms with Gasteiger partial charge in [-0.15, -0.1) is 0 Å². The van der Waals surface area contributed by atoms with Gasteiger partial charge in [-0.1, -0.05) is 19.8 Å². The summed E-state index contributed by atoms with van der Waals surface area (Å²) in [5.74, 6) is -1.04. The Hall–Kier alpha value is -1.12. The van der Waals surface area contributed by atoms with Crippen LogP contribution in [0.1, 0.15) is 32.6 Å². The maximum absolute atomic E-state index is 10.9. The number of Topliss-reactive ketones (excluding diaryl/α,β-unsaturated/α-hetero) is 1. The van der Waals surface area contributed by atoms with Crippen molar-refractivity contribution in [2.45, 2.75) is 32.6 Å². The van der Waals surface area contributed by atoms with E-state index in [9.17, 15) is 9.59 Å². The molecule has 0 aliphatic carbocycles. The molecule has 0 amide bonds. The first-order chi connectivity index (χ1) is 5.72. The number of hydrogen-bond acceptors (Lipinski definition) is 3. The zero-order chi connectivity index (χ0) is 9.40. The van der Waals surface area contributed by atoms with Gasteiger partial charge >= 0.3 is 0 Å². The Morgan fingerprint density at radius 2 is 2.00 bits per heavy atom. The van der Waals surface area contributed by atoms with Gasteiger partial charge in [0.05, 0.1) is 6.26 Å². The first-order valence-corrected chi connectivity index (χ1v) is 4.10. The van der Waals surface area contributed by atoms with Crippen molar-refractivity contribution in [1.82, 2.24) is 0 Å². The summed E-state index contributed by atoms with van der Waals surface area (Å²) in [7, 11) is 0. The lowest BCUT2D eigenvalue weighted by Crippen LogP contribution is -2.10. The predicted octanol–water partition coefficient (Wildman–Crippen LogP) is 1.78. The Morgan fingerprint density at radius 1 is 1.33 bits per heavy atom. The summed E-state index contributed by atoms with van der Waals surface area (Å²) in [4.78, 5) is 21.6. The van der Waals surface area contributed by atoms with Crippen molar-refractivity contribution in [3.63, 3.8) is 0 Å². The van der Waals surface area contributed by atoms with Crippen molar-refractivity contribution in [3.8, 4) is 0 Å². The first-order valence-electron chi connectivity index (χ1n) is 4.10. The fraction of sp³-hybridized carbons (Fsp3) is 0.556. The number of aliphatic hydroxyl groups is 1. The topological polar surface area (TPSA) is 54.4 Å². The van der Waals surface area contributed by atoms with Gasteiger partial charge < -0.3 is 5.11 Å². The van der Waals surface area contributed by atoms with E-state index in [2.05, 4.69) is 0 Å². The highest BCUT2D eigenvalue weighted by Gasteiger charge is 2.08. The molecular weight excluding hydrogens is 156 g/mol. The van der Waals surface area contributed by atoms with Gasteiger partial charge in [-0.25, -0.2) is 0 Å². The second-order valence-corrected chi connectivity index (χ2v) is 2.56. The molecule has 0 bridgehead atoms. The quantitative estimate of drug-likeness (QED) is 0.286. The Balaban J connectivity index is 3.65. The van der Waals surface area contributed by atoms with E-state index in [-0.39, 0.29) is 6.42 Å². The van der Waals surface area contributed by atoms with Crippen LogP contribution in [0.4, 0.5) is 0 Å². The van der Waals surface area contributed by atoms with E-state index in [0.29, 0.717) is 6.26 Å². The van der Waals surface area contributed by atoms with Crippen LogP contribution in [0.2, 0.25) is 0 Å². The summed E-state index contributed by atoms with van der Waals surface area (Å²) in [5, 5.41) is 8.20. The molecule has 3 nitrogen and oxygen atoms in total. The Morgan fingerprint density at radius 3 is 2.50 bits per heavy atom. The minimum atomic E-state index is -0.617. The zero-order valence-corrected chi connectivity index (χ0v) is 7.25. The Kier molecular flexibility index (Phi) is 5.97. The summed E-state index contributed by atoms with van der Waals surface area (Å²) in [6, 6.07) is 0. The minimum absolute atomic E-state index is 0.289. The third-order valence-corrected chi connectivity index (χ3v) is 1.51. The third kappa shape index (κ3) is 4.66. The molecule has 0 fully saturated rings. The molecule has 0 rings (SSSR count). The molecule has 0 unspecified atom stereocenters. The van der Waals surface area contributed by atoms with E-state index in [1.54, 1.807) is 0 Å². The van der Waals surface area contributed by atoms with Crippen LogP contribution in [0.5, 0.6) is 0 Å². The second kappa shape index (κ2) is 6.58. The average molecular weight is 170 g/mol. The van der Waals surface area contributed by atoms with Crippen molar-refractivity contribution < 1.29 is 14.7 Å². The van der Waals surface area contributed by atoms with Gasteiger partial charge in [0, 0.05) is 12.5 Å². The summed E-state index contributed by atoms with van der Waals surface area (Å²) in [6.45, 7) is 2.03. The largest absolute Gasteiger partial charge is 0.515 e. The molecule has 1 N–H and O–H groups in total. The number of carbonyl (C=O) groups excluding carboxylic acids is 2. The predicted molar refractivity (Wildman–Crippen MR) is 45.9 cm³/mol. The summed E-state index contributed by atoms with van der Waals surface area (Å²) < 4.78 is 0. The van der Waals surface area contributed by atoms with Gasteiger partial charge in [-0.3, -0.25) is 9.59 Å². The molecule has 0 aromatic carbocycles. The van der Waals surface area contributed by atoms with Crippen LogP contribution in [0.25, 0.3) is 0 Å². The maximum atomic E-state index is 10.9. The number of hydrogen-bond donors (Lipinski definition) is 1. The fourth-order valence-corrected chi connectivity index (χ4v) is 0.819. The lowest BCUT2D eigenvalue weighted by Gasteiger charge is -1.94. The fourth-order valence-electron chi connectivity index (χ4n) is 0.819. The SMILES string of the molecule is CCCCCC(=O)C(=O)/C=C/O. The van der Waals surface area contributed by atoms with Crippen molar-refractivity contribution in [2.75, 3.05) is 0 Å². The molecule has 68 valence electrons. The van der Waals surface area contributed by atoms with Crippen LogP contribution < -0.4 is 0 Å². The smallest absolute Gasteiger partial charge is 0.224 e. The van der Waals surface area contributed by atoms with Crippen LogP contribution >= 0.6 is 0 Å².